The molecule has 0 aromatic carbocycles. The van der Waals surface area contributed by atoms with Gasteiger partial charge in [0.2, 0.25) is 0 Å². The summed E-state index contributed by atoms with van der Waals surface area (Å²) in [7, 11) is 0. The highest BCUT2D eigenvalue weighted by molar-refractivity contribution is 7.09. The van der Waals surface area contributed by atoms with Crippen molar-refractivity contribution >= 4 is 11.3 Å². The van der Waals surface area contributed by atoms with Crippen molar-refractivity contribution < 1.29 is 0 Å². The highest BCUT2D eigenvalue weighted by atomic mass is 32.1. The maximum atomic E-state index is 4.27. The van der Waals surface area contributed by atoms with E-state index in [1.165, 1.54) is 23.5 Å². The van der Waals surface area contributed by atoms with Gasteiger partial charge in [0.15, 0.2) is 0 Å². The van der Waals surface area contributed by atoms with Crippen molar-refractivity contribution in [2.24, 2.45) is 0 Å². The lowest BCUT2D eigenvalue weighted by Gasteiger charge is -2.48. The zero-order valence-corrected chi connectivity index (χ0v) is 9.32. The number of hydrogen-bond acceptors (Lipinski definition) is 3. The molecule has 1 fully saturated rings. The van der Waals surface area contributed by atoms with Crippen LogP contribution in [0, 0.1) is 6.92 Å². The monoisotopic (exact) mass is 196 g/mol. The number of aryl methyl sites for hydroxylation is 1. The minimum atomic E-state index is 0.413. The summed E-state index contributed by atoms with van der Waals surface area (Å²) in [5.74, 6) is 0. The van der Waals surface area contributed by atoms with Crippen molar-refractivity contribution in [2.75, 3.05) is 6.54 Å². The van der Waals surface area contributed by atoms with Crippen LogP contribution in [0.4, 0.5) is 0 Å². The minimum absolute atomic E-state index is 0.413. The van der Waals surface area contributed by atoms with Gasteiger partial charge in [-0.05, 0) is 27.2 Å². The zero-order valence-electron chi connectivity index (χ0n) is 8.50. The van der Waals surface area contributed by atoms with E-state index in [2.05, 4.69) is 30.7 Å². The van der Waals surface area contributed by atoms with Gasteiger partial charge in [0.1, 0.15) is 0 Å². The average Bonchev–Trinajstić information content (AvgIpc) is 2.45. The Morgan fingerprint density at radius 1 is 1.62 bits per heavy atom. The van der Waals surface area contributed by atoms with Crippen molar-refractivity contribution in [1.29, 1.82) is 0 Å². The SMILES string of the molecule is Cc1ncsc1CN1CCC1(C)C. The zero-order chi connectivity index (χ0) is 9.47. The predicted octanol–water partition coefficient (Wildman–Crippen LogP) is 2.44. The molecular formula is C10H16N2S. The number of nitrogens with zero attached hydrogens (tertiary/aromatic N) is 2. The highest BCUT2D eigenvalue weighted by Crippen LogP contribution is 2.32. The summed E-state index contributed by atoms with van der Waals surface area (Å²) >= 11 is 1.78. The summed E-state index contributed by atoms with van der Waals surface area (Å²) < 4.78 is 0. The average molecular weight is 196 g/mol. The van der Waals surface area contributed by atoms with E-state index in [-0.39, 0.29) is 0 Å². The van der Waals surface area contributed by atoms with E-state index in [4.69, 9.17) is 0 Å². The molecule has 0 N–H and O–H groups in total. The molecule has 0 radical (unpaired) electrons. The highest BCUT2D eigenvalue weighted by Gasteiger charge is 2.35. The molecule has 1 aromatic rings. The molecule has 2 rings (SSSR count). The smallest absolute Gasteiger partial charge is 0.0798 e. The maximum Gasteiger partial charge on any atom is 0.0798 e. The number of likely N-dealkylation sites (tertiary alicyclic amines) is 1. The Hall–Kier alpha value is -0.410. The number of hydrogen-bond donors (Lipinski definition) is 0. The molecule has 1 aliphatic heterocycles. The third-order valence-corrected chi connectivity index (χ3v) is 3.95. The van der Waals surface area contributed by atoms with E-state index in [0.717, 1.165) is 6.54 Å². The van der Waals surface area contributed by atoms with Crippen molar-refractivity contribution in [2.45, 2.75) is 39.3 Å². The third-order valence-electron chi connectivity index (χ3n) is 3.03. The van der Waals surface area contributed by atoms with Gasteiger partial charge in [-0.1, -0.05) is 0 Å². The van der Waals surface area contributed by atoms with Crippen molar-refractivity contribution in [3.8, 4) is 0 Å². The van der Waals surface area contributed by atoms with Crippen LogP contribution in [-0.2, 0) is 6.54 Å². The fourth-order valence-electron chi connectivity index (χ4n) is 1.66. The molecule has 0 spiro atoms. The van der Waals surface area contributed by atoms with Crippen molar-refractivity contribution in [1.82, 2.24) is 9.88 Å². The van der Waals surface area contributed by atoms with E-state index < -0.39 is 0 Å². The van der Waals surface area contributed by atoms with Gasteiger partial charge < -0.3 is 0 Å². The molecular weight excluding hydrogens is 180 g/mol. The standard InChI is InChI=1S/C10H16N2S/c1-8-9(13-7-11-8)6-12-5-4-10(12,2)3/h7H,4-6H2,1-3H3. The van der Waals surface area contributed by atoms with Gasteiger partial charge in [-0.2, -0.15) is 0 Å². The largest absolute Gasteiger partial charge is 0.293 e. The molecule has 1 aromatic heterocycles. The third kappa shape index (κ3) is 1.63. The predicted molar refractivity (Wildman–Crippen MR) is 56.0 cm³/mol. The Bertz CT molecular complexity index is 304. The van der Waals surface area contributed by atoms with Crippen molar-refractivity contribution in [3.63, 3.8) is 0 Å². The molecule has 13 heavy (non-hydrogen) atoms. The summed E-state index contributed by atoms with van der Waals surface area (Å²) in [5, 5.41) is 0. The Morgan fingerprint density at radius 2 is 2.38 bits per heavy atom. The summed E-state index contributed by atoms with van der Waals surface area (Å²) in [6.45, 7) is 9.05. The normalized spacial score (nSPS) is 21.5. The number of aromatic nitrogens is 1. The maximum absolute atomic E-state index is 4.27. The van der Waals surface area contributed by atoms with Gasteiger partial charge in [-0.3, -0.25) is 4.90 Å². The van der Waals surface area contributed by atoms with Crippen LogP contribution in [0.1, 0.15) is 30.8 Å². The Balaban J connectivity index is 2.03. The molecule has 3 heteroatoms. The number of thiazole rings is 1. The summed E-state index contributed by atoms with van der Waals surface area (Å²) in [6, 6.07) is 0. The molecule has 0 amide bonds. The first-order valence-corrected chi connectivity index (χ1v) is 5.61. The van der Waals surface area contributed by atoms with E-state index in [0.29, 0.717) is 5.54 Å². The van der Waals surface area contributed by atoms with E-state index in [1.807, 2.05) is 5.51 Å². The summed E-state index contributed by atoms with van der Waals surface area (Å²) in [5.41, 5.74) is 3.56. The second kappa shape index (κ2) is 3.07. The first kappa shape index (κ1) is 9.16. The molecule has 0 unspecified atom stereocenters. The fourth-order valence-corrected chi connectivity index (χ4v) is 2.45. The molecule has 72 valence electrons. The van der Waals surface area contributed by atoms with E-state index >= 15 is 0 Å². The van der Waals surface area contributed by atoms with Crippen LogP contribution < -0.4 is 0 Å². The molecule has 1 aliphatic rings. The van der Waals surface area contributed by atoms with Gasteiger partial charge in [0, 0.05) is 23.5 Å². The molecule has 0 bridgehead atoms. The summed E-state index contributed by atoms with van der Waals surface area (Å²) in [6.07, 6.45) is 1.32. The fraction of sp³-hybridized carbons (Fsp3) is 0.700. The lowest BCUT2D eigenvalue weighted by Crippen LogP contribution is -2.54. The lowest BCUT2D eigenvalue weighted by molar-refractivity contribution is 0.00868. The van der Waals surface area contributed by atoms with Gasteiger partial charge in [-0.15, -0.1) is 11.3 Å². The minimum Gasteiger partial charge on any atom is -0.293 e. The van der Waals surface area contributed by atoms with Gasteiger partial charge in [0.25, 0.3) is 0 Å². The second-order valence-corrected chi connectivity index (χ2v) is 5.28. The van der Waals surface area contributed by atoms with Crippen LogP contribution in [-0.4, -0.2) is 22.0 Å². The van der Waals surface area contributed by atoms with Crippen LogP contribution in [0.5, 0.6) is 0 Å². The quantitative estimate of drug-likeness (QED) is 0.722. The Kier molecular flexibility index (Phi) is 2.16. The van der Waals surface area contributed by atoms with Crippen LogP contribution in [0.3, 0.4) is 0 Å². The lowest BCUT2D eigenvalue weighted by atomic mass is 9.89. The first-order chi connectivity index (χ1) is 6.09. The van der Waals surface area contributed by atoms with Crippen LogP contribution in [0.15, 0.2) is 5.51 Å². The van der Waals surface area contributed by atoms with Gasteiger partial charge in [-0.25, -0.2) is 4.98 Å². The van der Waals surface area contributed by atoms with E-state index in [9.17, 15) is 0 Å². The van der Waals surface area contributed by atoms with Crippen LogP contribution in [0.2, 0.25) is 0 Å². The molecule has 2 nitrogen and oxygen atoms in total. The van der Waals surface area contributed by atoms with Gasteiger partial charge >= 0.3 is 0 Å². The molecule has 1 saturated heterocycles. The first-order valence-electron chi connectivity index (χ1n) is 4.73. The van der Waals surface area contributed by atoms with Crippen LogP contribution >= 0.6 is 11.3 Å². The Morgan fingerprint density at radius 3 is 2.77 bits per heavy atom. The molecule has 2 heterocycles. The summed E-state index contributed by atoms with van der Waals surface area (Å²) in [4.78, 5) is 8.21. The molecule has 0 atom stereocenters. The Labute approximate surface area is 83.6 Å². The molecule has 0 aliphatic carbocycles. The topological polar surface area (TPSA) is 16.1 Å². The van der Waals surface area contributed by atoms with E-state index in [1.54, 1.807) is 11.3 Å². The van der Waals surface area contributed by atoms with Crippen molar-refractivity contribution in [3.05, 3.63) is 16.1 Å². The molecule has 0 saturated carbocycles. The van der Waals surface area contributed by atoms with Gasteiger partial charge in [0.05, 0.1) is 11.2 Å². The second-order valence-electron chi connectivity index (χ2n) is 4.34. The van der Waals surface area contributed by atoms with Crippen LogP contribution in [0.25, 0.3) is 0 Å². The number of rotatable bonds is 2.